The first-order valence-corrected chi connectivity index (χ1v) is 12.1. The highest BCUT2D eigenvalue weighted by atomic mass is 16.5. The van der Waals surface area contributed by atoms with Gasteiger partial charge in [-0.3, -0.25) is 9.78 Å². The number of aromatic nitrogens is 3. The summed E-state index contributed by atoms with van der Waals surface area (Å²) in [4.78, 5) is 20.7. The summed E-state index contributed by atoms with van der Waals surface area (Å²) in [5.74, 6) is 0.470. The van der Waals surface area contributed by atoms with Gasteiger partial charge in [-0.25, -0.2) is 4.98 Å². The highest BCUT2D eigenvalue weighted by molar-refractivity contribution is 5.85. The van der Waals surface area contributed by atoms with Crippen LogP contribution in [0.3, 0.4) is 0 Å². The first kappa shape index (κ1) is 22.7. The number of hydrogen-bond donors (Lipinski definition) is 2. The monoisotopic (exact) mass is 488 g/mol. The molecule has 0 radical (unpaired) electrons. The quantitative estimate of drug-likeness (QED) is 0.265. The molecule has 3 aromatic carbocycles. The van der Waals surface area contributed by atoms with Gasteiger partial charge in [-0.05, 0) is 36.5 Å². The van der Waals surface area contributed by atoms with E-state index in [2.05, 4.69) is 15.5 Å². The maximum absolute atomic E-state index is 11.6. The second-order valence-corrected chi connectivity index (χ2v) is 9.29. The largest absolute Gasteiger partial charge is 0.481 e. The minimum absolute atomic E-state index is 0.598. The van der Waals surface area contributed by atoms with Crippen molar-refractivity contribution in [2.75, 3.05) is 5.32 Å². The molecule has 2 heterocycles. The average molecular weight is 489 g/mol. The van der Waals surface area contributed by atoms with Crippen molar-refractivity contribution < 1.29 is 14.4 Å². The van der Waals surface area contributed by atoms with Gasteiger partial charge in [0.15, 0.2) is 5.76 Å². The van der Waals surface area contributed by atoms with E-state index in [9.17, 15) is 9.90 Å². The van der Waals surface area contributed by atoms with Crippen molar-refractivity contribution in [1.29, 1.82) is 0 Å². The van der Waals surface area contributed by atoms with Crippen LogP contribution in [-0.4, -0.2) is 26.2 Å². The molecule has 0 aliphatic heterocycles. The second-order valence-electron chi connectivity index (χ2n) is 9.29. The molecular weight excluding hydrogens is 464 g/mol. The number of hydrogen-bond acceptors (Lipinski definition) is 6. The van der Waals surface area contributed by atoms with Crippen molar-refractivity contribution >= 4 is 17.5 Å². The summed E-state index contributed by atoms with van der Waals surface area (Å²) < 4.78 is 5.68. The Morgan fingerprint density at radius 1 is 0.865 bits per heavy atom. The molecular formula is C30H24N4O3. The molecule has 0 amide bonds. The lowest BCUT2D eigenvalue weighted by Gasteiger charge is -2.11. The van der Waals surface area contributed by atoms with Gasteiger partial charge in [-0.2, -0.15) is 0 Å². The minimum atomic E-state index is -0.742. The number of carboxylic acids is 1. The smallest absolute Gasteiger partial charge is 0.314 e. The van der Waals surface area contributed by atoms with E-state index in [-0.39, 0.29) is 0 Å². The van der Waals surface area contributed by atoms with Crippen molar-refractivity contribution in [2.45, 2.75) is 25.2 Å². The Balaban J connectivity index is 1.24. The molecule has 6 rings (SSSR count). The Labute approximate surface area is 213 Å². The van der Waals surface area contributed by atoms with E-state index in [1.165, 1.54) is 0 Å². The number of carbonyl (C=O) groups is 1. The summed E-state index contributed by atoms with van der Waals surface area (Å²) in [7, 11) is 0. The minimum Gasteiger partial charge on any atom is -0.481 e. The predicted molar refractivity (Wildman–Crippen MR) is 141 cm³/mol. The third-order valence-electron chi connectivity index (χ3n) is 6.90. The Kier molecular flexibility index (Phi) is 5.53. The normalized spacial score (nSPS) is 13.8. The fourth-order valence-corrected chi connectivity index (χ4v) is 4.56. The highest BCUT2D eigenvalue weighted by Crippen LogP contribution is 2.48. The van der Waals surface area contributed by atoms with Crippen molar-refractivity contribution in [3.05, 3.63) is 103 Å². The van der Waals surface area contributed by atoms with E-state index in [1.807, 2.05) is 85.8 Å². The van der Waals surface area contributed by atoms with Crippen LogP contribution in [0, 0.1) is 6.92 Å². The molecule has 0 unspecified atom stereocenters. The molecule has 0 spiro atoms. The Morgan fingerprint density at radius 3 is 2.16 bits per heavy atom. The Morgan fingerprint density at radius 2 is 1.51 bits per heavy atom. The number of aliphatic carboxylic acids is 1. The van der Waals surface area contributed by atoms with E-state index in [0.717, 1.165) is 39.2 Å². The number of benzene rings is 3. The first-order chi connectivity index (χ1) is 18.0. The van der Waals surface area contributed by atoms with Crippen LogP contribution in [0.2, 0.25) is 0 Å². The average Bonchev–Trinajstić information content (AvgIpc) is 3.69. The van der Waals surface area contributed by atoms with E-state index in [1.54, 1.807) is 12.4 Å². The van der Waals surface area contributed by atoms with Gasteiger partial charge in [0, 0.05) is 11.1 Å². The summed E-state index contributed by atoms with van der Waals surface area (Å²) in [6.07, 6.45) is 4.81. The van der Waals surface area contributed by atoms with Gasteiger partial charge in [0.1, 0.15) is 17.2 Å². The lowest BCUT2D eigenvalue weighted by Crippen LogP contribution is -2.19. The molecule has 1 aliphatic carbocycles. The molecule has 2 N–H and O–H groups in total. The maximum Gasteiger partial charge on any atom is 0.314 e. The van der Waals surface area contributed by atoms with Gasteiger partial charge in [-0.15, -0.1) is 0 Å². The SMILES string of the molecule is Cc1noc(-c2ccc(-c3ccc(C4(C(=O)O)CC4)cc3)cc2)c1Nc1cncc(-c2ccccc2)n1. The molecule has 0 bridgehead atoms. The van der Waals surface area contributed by atoms with Gasteiger partial charge in [0.2, 0.25) is 0 Å². The zero-order valence-electron chi connectivity index (χ0n) is 20.2. The van der Waals surface area contributed by atoms with Crippen LogP contribution in [0.15, 0.2) is 95.8 Å². The Bertz CT molecular complexity index is 1570. The van der Waals surface area contributed by atoms with Crippen LogP contribution < -0.4 is 5.32 Å². The van der Waals surface area contributed by atoms with Crippen LogP contribution in [0.25, 0.3) is 33.7 Å². The van der Waals surface area contributed by atoms with Gasteiger partial charge in [-0.1, -0.05) is 84.0 Å². The predicted octanol–water partition coefficient (Wildman–Crippen LogP) is 6.63. The van der Waals surface area contributed by atoms with Crippen LogP contribution >= 0.6 is 0 Å². The van der Waals surface area contributed by atoms with E-state index >= 15 is 0 Å². The van der Waals surface area contributed by atoms with Crippen molar-refractivity contribution in [2.24, 2.45) is 0 Å². The summed E-state index contributed by atoms with van der Waals surface area (Å²) in [6.45, 7) is 1.88. The lowest BCUT2D eigenvalue weighted by atomic mass is 9.93. The topological polar surface area (TPSA) is 101 Å². The summed E-state index contributed by atoms with van der Waals surface area (Å²) >= 11 is 0. The fraction of sp³-hybridized carbons (Fsp3) is 0.133. The fourth-order valence-electron chi connectivity index (χ4n) is 4.56. The molecule has 5 aromatic rings. The van der Waals surface area contributed by atoms with E-state index < -0.39 is 11.4 Å². The molecule has 37 heavy (non-hydrogen) atoms. The third-order valence-corrected chi connectivity index (χ3v) is 6.90. The number of carboxylic acid groups (broad SMARTS) is 1. The Hall–Kier alpha value is -4.78. The summed E-state index contributed by atoms with van der Waals surface area (Å²) in [5, 5.41) is 17.0. The maximum atomic E-state index is 11.6. The van der Waals surface area contributed by atoms with Gasteiger partial charge < -0.3 is 14.9 Å². The van der Waals surface area contributed by atoms with Crippen LogP contribution in [0.5, 0.6) is 0 Å². The summed E-state index contributed by atoms with van der Waals surface area (Å²) in [5.41, 5.74) is 6.31. The molecule has 1 saturated carbocycles. The molecule has 0 atom stereocenters. The lowest BCUT2D eigenvalue weighted by molar-refractivity contribution is -0.140. The number of anilines is 2. The van der Waals surface area contributed by atoms with Crippen LogP contribution in [-0.2, 0) is 10.2 Å². The molecule has 1 fully saturated rings. The number of nitrogens with zero attached hydrogens (tertiary/aromatic N) is 3. The molecule has 2 aromatic heterocycles. The zero-order valence-corrected chi connectivity index (χ0v) is 20.2. The van der Waals surface area contributed by atoms with Crippen molar-refractivity contribution in [3.8, 4) is 33.7 Å². The summed E-state index contributed by atoms with van der Waals surface area (Å²) in [6, 6.07) is 25.7. The molecule has 7 heteroatoms. The van der Waals surface area contributed by atoms with Gasteiger partial charge in [0.05, 0.1) is 23.5 Å². The van der Waals surface area contributed by atoms with Crippen LogP contribution in [0.4, 0.5) is 11.5 Å². The van der Waals surface area contributed by atoms with E-state index in [4.69, 9.17) is 9.51 Å². The van der Waals surface area contributed by atoms with Crippen molar-refractivity contribution in [1.82, 2.24) is 15.1 Å². The zero-order chi connectivity index (χ0) is 25.4. The van der Waals surface area contributed by atoms with Gasteiger partial charge >= 0.3 is 5.97 Å². The van der Waals surface area contributed by atoms with E-state index in [0.29, 0.717) is 30.1 Å². The number of nitrogens with one attached hydrogen (secondary N) is 1. The standard InChI is InChI=1S/C30H24N4O3/c1-19-27(33-26-18-31-17-25(32-26)22-5-3-2-4-6-22)28(37-34-19)23-9-7-20(8-10-23)21-11-13-24(14-12-21)30(15-16-30)29(35)36/h2-14,17-18H,15-16H2,1H3,(H,32,33)(H,35,36). The number of aryl methyl sites for hydroxylation is 1. The molecule has 1 aliphatic rings. The van der Waals surface area contributed by atoms with Crippen LogP contribution in [0.1, 0.15) is 24.1 Å². The second kappa shape index (κ2) is 9.02. The van der Waals surface area contributed by atoms with Gasteiger partial charge in [0.25, 0.3) is 0 Å². The van der Waals surface area contributed by atoms with Crippen molar-refractivity contribution in [3.63, 3.8) is 0 Å². The highest BCUT2D eigenvalue weighted by Gasteiger charge is 2.51. The third kappa shape index (κ3) is 4.25. The molecule has 182 valence electrons. The first-order valence-electron chi connectivity index (χ1n) is 12.1. The molecule has 7 nitrogen and oxygen atoms in total. The molecule has 0 saturated heterocycles. The number of rotatable bonds is 7.